The lowest BCUT2D eigenvalue weighted by molar-refractivity contribution is 0.337. The van der Waals surface area contributed by atoms with Gasteiger partial charge in [-0.1, -0.05) is 0 Å². The summed E-state index contributed by atoms with van der Waals surface area (Å²) in [6.45, 7) is 3.39. The summed E-state index contributed by atoms with van der Waals surface area (Å²) in [4.78, 5) is 11.6. The Morgan fingerprint density at radius 1 is 0.800 bits per heavy atom. The lowest BCUT2D eigenvalue weighted by Gasteiger charge is -2.00. The maximum Gasteiger partial charge on any atom is 0.322 e. The normalized spacial score (nSPS) is 9.50. The van der Waals surface area contributed by atoms with Crippen LogP contribution in [0, 0.1) is 25.5 Å². The molecule has 0 aliphatic heterocycles. The van der Waals surface area contributed by atoms with Crippen LogP contribution in [0.1, 0.15) is 11.4 Å². The molecule has 2 aromatic rings. The Bertz CT molecular complexity index is 507. The van der Waals surface area contributed by atoms with Crippen molar-refractivity contribution >= 4 is 0 Å². The molecule has 7 heteroatoms. The molecule has 0 atom stereocenters. The van der Waals surface area contributed by atoms with Crippen molar-refractivity contribution in [2.75, 3.05) is 14.2 Å². The molecule has 1 aromatic heterocycles. The first-order chi connectivity index (χ1) is 9.44. The van der Waals surface area contributed by atoms with Gasteiger partial charge in [0.2, 0.25) is 0 Å². The number of hydrogen-bond acceptors (Lipinski definition) is 5. The summed E-state index contributed by atoms with van der Waals surface area (Å²) in [5, 5.41) is 0. The molecule has 0 fully saturated rings. The Balaban J connectivity index is 0.000000204. The van der Waals surface area contributed by atoms with Crippen LogP contribution in [0.4, 0.5) is 8.78 Å². The highest BCUT2D eigenvalue weighted by Gasteiger charge is 2.01. The topological polar surface area (TPSA) is 57.1 Å². The van der Waals surface area contributed by atoms with Crippen LogP contribution in [0.2, 0.25) is 0 Å². The maximum absolute atomic E-state index is 12.2. The van der Waals surface area contributed by atoms with E-state index in [1.165, 1.54) is 26.4 Å². The average Bonchev–Trinajstić information content (AvgIpc) is 2.37. The van der Waals surface area contributed by atoms with Crippen molar-refractivity contribution in [3.8, 4) is 12.0 Å². The molecular weight excluding hydrogens is 268 g/mol. The minimum absolute atomic E-state index is 0.273. The van der Waals surface area contributed by atoms with Gasteiger partial charge in [-0.15, -0.1) is 4.98 Å². The van der Waals surface area contributed by atoms with Gasteiger partial charge in [-0.3, -0.25) is 0 Å². The number of rotatable bonds is 2. The SMILES string of the molecule is COc1nc(C)nc(OC)n1.Cc1cc(F)cc(F)c1. The molecule has 0 spiro atoms. The summed E-state index contributed by atoms with van der Waals surface area (Å²) in [6.07, 6.45) is 0. The summed E-state index contributed by atoms with van der Waals surface area (Å²) in [7, 11) is 2.99. The van der Waals surface area contributed by atoms with Gasteiger partial charge >= 0.3 is 12.0 Å². The Labute approximate surface area is 115 Å². The second kappa shape index (κ2) is 7.32. The van der Waals surface area contributed by atoms with Crippen LogP contribution in [-0.4, -0.2) is 29.2 Å². The molecule has 0 aliphatic rings. The van der Waals surface area contributed by atoms with Crippen LogP contribution in [0.5, 0.6) is 12.0 Å². The molecule has 108 valence electrons. The van der Waals surface area contributed by atoms with Crippen molar-refractivity contribution in [1.82, 2.24) is 15.0 Å². The minimum Gasteiger partial charge on any atom is -0.467 e. The monoisotopic (exact) mass is 283 g/mol. The molecule has 0 aliphatic carbocycles. The maximum atomic E-state index is 12.2. The molecule has 0 saturated carbocycles. The van der Waals surface area contributed by atoms with Crippen LogP contribution in [0.15, 0.2) is 18.2 Å². The second-order valence-electron chi connectivity index (χ2n) is 3.80. The van der Waals surface area contributed by atoms with Crippen LogP contribution >= 0.6 is 0 Å². The van der Waals surface area contributed by atoms with Crippen molar-refractivity contribution in [3.05, 3.63) is 41.2 Å². The van der Waals surface area contributed by atoms with E-state index in [0.29, 0.717) is 11.4 Å². The Morgan fingerprint density at radius 3 is 1.60 bits per heavy atom. The lowest BCUT2D eigenvalue weighted by Crippen LogP contribution is -2.00. The predicted molar refractivity (Wildman–Crippen MR) is 68.8 cm³/mol. The van der Waals surface area contributed by atoms with E-state index in [-0.39, 0.29) is 12.0 Å². The van der Waals surface area contributed by atoms with E-state index in [1.807, 2.05) is 0 Å². The summed E-state index contributed by atoms with van der Waals surface area (Å²) >= 11 is 0. The van der Waals surface area contributed by atoms with Crippen molar-refractivity contribution in [1.29, 1.82) is 0 Å². The number of halogens is 2. The van der Waals surface area contributed by atoms with Gasteiger partial charge in [0.25, 0.3) is 0 Å². The van der Waals surface area contributed by atoms with Gasteiger partial charge in [0, 0.05) is 6.07 Å². The highest BCUT2D eigenvalue weighted by molar-refractivity contribution is 5.15. The van der Waals surface area contributed by atoms with E-state index in [2.05, 4.69) is 15.0 Å². The Hall–Kier alpha value is -2.31. The molecule has 0 amide bonds. The highest BCUT2D eigenvalue weighted by atomic mass is 19.1. The molecule has 0 unspecified atom stereocenters. The van der Waals surface area contributed by atoms with Gasteiger partial charge in [-0.25, -0.2) is 8.78 Å². The molecule has 5 nitrogen and oxygen atoms in total. The van der Waals surface area contributed by atoms with Crippen molar-refractivity contribution < 1.29 is 18.3 Å². The molecule has 0 saturated heterocycles. The van der Waals surface area contributed by atoms with E-state index < -0.39 is 11.6 Å². The molecule has 20 heavy (non-hydrogen) atoms. The fourth-order valence-electron chi connectivity index (χ4n) is 1.31. The van der Waals surface area contributed by atoms with E-state index in [9.17, 15) is 8.78 Å². The first-order valence-electron chi connectivity index (χ1n) is 5.68. The minimum atomic E-state index is -0.521. The summed E-state index contributed by atoms with van der Waals surface area (Å²) < 4.78 is 34.0. The molecule has 0 radical (unpaired) electrons. The van der Waals surface area contributed by atoms with E-state index in [0.717, 1.165) is 6.07 Å². The van der Waals surface area contributed by atoms with Gasteiger partial charge in [-0.05, 0) is 31.5 Å². The third kappa shape index (κ3) is 5.13. The number of methoxy groups -OCH3 is 2. The largest absolute Gasteiger partial charge is 0.467 e. The highest BCUT2D eigenvalue weighted by Crippen LogP contribution is 2.07. The molecule has 2 rings (SSSR count). The van der Waals surface area contributed by atoms with Crippen LogP contribution in [0.25, 0.3) is 0 Å². The van der Waals surface area contributed by atoms with Gasteiger partial charge < -0.3 is 9.47 Å². The van der Waals surface area contributed by atoms with Gasteiger partial charge in [0.15, 0.2) is 0 Å². The Morgan fingerprint density at radius 2 is 1.25 bits per heavy atom. The van der Waals surface area contributed by atoms with Gasteiger partial charge in [0.05, 0.1) is 14.2 Å². The van der Waals surface area contributed by atoms with Crippen LogP contribution < -0.4 is 9.47 Å². The zero-order valence-electron chi connectivity index (χ0n) is 11.6. The second-order valence-corrected chi connectivity index (χ2v) is 3.80. The lowest BCUT2D eigenvalue weighted by atomic mass is 10.2. The zero-order valence-corrected chi connectivity index (χ0v) is 11.6. The van der Waals surface area contributed by atoms with Crippen molar-refractivity contribution in [3.63, 3.8) is 0 Å². The summed E-state index contributed by atoms with van der Waals surface area (Å²) in [6, 6.07) is 3.96. The van der Waals surface area contributed by atoms with E-state index in [1.54, 1.807) is 13.8 Å². The molecule has 1 heterocycles. The quantitative estimate of drug-likeness (QED) is 0.847. The Kier molecular flexibility index (Phi) is 5.76. The first kappa shape index (κ1) is 15.7. The van der Waals surface area contributed by atoms with Crippen molar-refractivity contribution in [2.45, 2.75) is 13.8 Å². The molecule has 0 bridgehead atoms. The number of aromatic nitrogens is 3. The van der Waals surface area contributed by atoms with Gasteiger partial charge in [-0.2, -0.15) is 9.97 Å². The number of nitrogens with zero attached hydrogens (tertiary/aromatic N) is 3. The van der Waals surface area contributed by atoms with E-state index >= 15 is 0 Å². The fourth-order valence-corrected chi connectivity index (χ4v) is 1.31. The summed E-state index contributed by atoms with van der Waals surface area (Å²) in [5.41, 5.74) is 0.604. The number of hydrogen-bond donors (Lipinski definition) is 0. The summed E-state index contributed by atoms with van der Waals surface area (Å²) in [5.74, 6) is -0.464. The van der Waals surface area contributed by atoms with Crippen molar-refractivity contribution in [2.24, 2.45) is 0 Å². The third-order valence-corrected chi connectivity index (χ3v) is 2.08. The standard InChI is InChI=1S/C7H6F2.C6H9N3O2/c1-5-2-6(8)4-7(9)3-5;1-4-7-5(10-2)9-6(8-4)11-3/h2-4H,1H3;1-3H3. The number of ether oxygens (including phenoxy) is 2. The number of aryl methyl sites for hydroxylation is 2. The fraction of sp³-hybridized carbons (Fsp3) is 0.308. The smallest absolute Gasteiger partial charge is 0.322 e. The molecular formula is C13H15F2N3O2. The number of benzene rings is 1. The first-order valence-corrected chi connectivity index (χ1v) is 5.68. The molecule has 0 N–H and O–H groups in total. The average molecular weight is 283 g/mol. The predicted octanol–water partition coefficient (Wildman–Crippen LogP) is 2.47. The zero-order chi connectivity index (χ0) is 15.1. The van der Waals surface area contributed by atoms with Crippen LogP contribution in [-0.2, 0) is 0 Å². The van der Waals surface area contributed by atoms with Gasteiger partial charge in [0.1, 0.15) is 17.5 Å². The molecule has 1 aromatic carbocycles. The van der Waals surface area contributed by atoms with Crippen LogP contribution in [0.3, 0.4) is 0 Å². The third-order valence-electron chi connectivity index (χ3n) is 2.08. The van der Waals surface area contributed by atoms with E-state index in [4.69, 9.17) is 9.47 Å².